The van der Waals surface area contributed by atoms with Crippen LogP contribution in [-0.2, 0) is 4.79 Å². The standard InChI is InChI=1S/C3HCl2N3O3.K/c4-7(5)3(9)2(1-6)8(10)11;/h2H;. The summed E-state index contributed by atoms with van der Waals surface area (Å²) >= 11 is 9.68. The van der Waals surface area contributed by atoms with E-state index in [1.165, 1.54) is 0 Å². The Morgan fingerprint density at radius 3 is 2.17 bits per heavy atom. The number of nitrogens with zero attached hydrogens (tertiary/aromatic N) is 3. The molecule has 12 heavy (non-hydrogen) atoms. The molecule has 6 nitrogen and oxygen atoms in total. The Morgan fingerprint density at radius 1 is 1.67 bits per heavy atom. The summed E-state index contributed by atoms with van der Waals surface area (Å²) < 4.78 is -0.0450. The van der Waals surface area contributed by atoms with Crippen molar-refractivity contribution in [3.8, 4) is 6.07 Å². The minimum absolute atomic E-state index is 0. The van der Waals surface area contributed by atoms with Crippen molar-refractivity contribution in [3.05, 3.63) is 10.1 Å². The first-order valence-corrected chi connectivity index (χ1v) is 2.87. The quantitative estimate of drug-likeness (QED) is 0.290. The summed E-state index contributed by atoms with van der Waals surface area (Å²) in [7, 11) is 0. The second-order valence-electron chi connectivity index (χ2n) is 1.39. The maximum Gasteiger partial charge on any atom is 0.375 e. The molecule has 0 saturated carbocycles. The van der Waals surface area contributed by atoms with E-state index in [0.717, 1.165) is 6.07 Å². The molecule has 0 N–H and O–H groups in total. The van der Waals surface area contributed by atoms with Crippen LogP contribution >= 0.6 is 23.6 Å². The number of nitro groups is 1. The number of carbonyl (C=O) groups excluding carboxylic acids is 1. The van der Waals surface area contributed by atoms with E-state index in [4.69, 9.17) is 28.8 Å². The zero-order valence-electron chi connectivity index (χ0n) is 5.90. The van der Waals surface area contributed by atoms with Gasteiger partial charge in [0.2, 0.25) is 0 Å². The van der Waals surface area contributed by atoms with Gasteiger partial charge in [0.15, 0.2) is 6.07 Å². The Bertz CT molecular complexity index is 227. The fourth-order valence-corrected chi connectivity index (χ4v) is 0.470. The van der Waals surface area contributed by atoms with Gasteiger partial charge in [0.05, 0.1) is 0 Å². The Kier molecular flexibility index (Phi) is 8.82. The Balaban J connectivity index is 0. The van der Waals surface area contributed by atoms with Crippen LogP contribution in [0, 0.1) is 21.4 Å². The number of rotatable bonds is 2. The van der Waals surface area contributed by atoms with Crippen LogP contribution in [0.25, 0.3) is 0 Å². The largest absolute Gasteiger partial charge is 0.375 e. The van der Waals surface area contributed by atoms with Crippen molar-refractivity contribution in [1.82, 2.24) is 3.94 Å². The average molecular weight is 237 g/mol. The summed E-state index contributed by atoms with van der Waals surface area (Å²) in [5, 5.41) is 18.0. The average Bonchev–Trinajstić information content (AvgIpc) is 1.88. The molecule has 61 valence electrons. The first kappa shape index (κ1) is 15.1. The fraction of sp³-hybridized carbons (Fsp3) is 0.333. The maximum absolute atomic E-state index is 10.5. The molecule has 1 amide bonds. The number of hydrogen-bond acceptors (Lipinski definition) is 4. The molecule has 0 saturated heterocycles. The monoisotopic (exact) mass is 236 g/mol. The van der Waals surface area contributed by atoms with Crippen molar-refractivity contribution >= 4 is 80.8 Å². The molecule has 0 fully saturated rings. The van der Waals surface area contributed by atoms with Gasteiger partial charge >= 0.3 is 11.9 Å². The minimum atomic E-state index is -2.04. The Labute approximate surface area is 120 Å². The summed E-state index contributed by atoms with van der Waals surface area (Å²) in [4.78, 5) is 19.3. The molecule has 0 aliphatic rings. The molecule has 0 heterocycles. The van der Waals surface area contributed by atoms with E-state index in [1.54, 1.807) is 0 Å². The molecule has 0 bridgehead atoms. The van der Waals surface area contributed by atoms with Crippen LogP contribution < -0.4 is 0 Å². The van der Waals surface area contributed by atoms with Crippen LogP contribution in [0.4, 0.5) is 0 Å². The number of carbonyl (C=O) groups is 1. The van der Waals surface area contributed by atoms with Crippen molar-refractivity contribution in [3.63, 3.8) is 0 Å². The van der Waals surface area contributed by atoms with Gasteiger partial charge in [-0.05, 0) is 0 Å². The molecule has 0 aromatic heterocycles. The number of halogens is 2. The van der Waals surface area contributed by atoms with E-state index in [9.17, 15) is 14.9 Å². The van der Waals surface area contributed by atoms with Crippen molar-refractivity contribution in [2.45, 2.75) is 6.04 Å². The van der Waals surface area contributed by atoms with E-state index in [1.807, 2.05) is 0 Å². The van der Waals surface area contributed by atoms with E-state index in [0.29, 0.717) is 0 Å². The van der Waals surface area contributed by atoms with E-state index in [2.05, 4.69) is 0 Å². The van der Waals surface area contributed by atoms with Crippen LogP contribution in [0.2, 0.25) is 0 Å². The molecular weight excluding hydrogens is 236 g/mol. The van der Waals surface area contributed by atoms with Crippen LogP contribution in [-0.4, -0.2) is 72.2 Å². The van der Waals surface area contributed by atoms with Crippen molar-refractivity contribution in [1.29, 1.82) is 5.26 Å². The molecule has 1 radical (unpaired) electrons. The third-order valence-electron chi connectivity index (χ3n) is 0.734. The summed E-state index contributed by atoms with van der Waals surface area (Å²) in [5.74, 6) is -1.28. The molecular formula is C3HCl2KN3O3. The molecule has 1 atom stereocenters. The zero-order chi connectivity index (χ0) is 9.02. The third kappa shape index (κ3) is 4.56. The van der Waals surface area contributed by atoms with E-state index >= 15 is 0 Å². The predicted octanol–water partition coefficient (Wildman–Crippen LogP) is -0.0893. The normalized spacial score (nSPS) is 10.4. The smallest absolute Gasteiger partial charge is 0.263 e. The topological polar surface area (TPSA) is 87.2 Å². The summed E-state index contributed by atoms with van der Waals surface area (Å²) in [6.07, 6.45) is 0. The number of nitriles is 1. The SMILES string of the molecule is N#CC(C(=O)N(Cl)Cl)[N+](=O)[O-].[K]. The first-order valence-electron chi connectivity index (χ1n) is 2.19. The van der Waals surface area contributed by atoms with Crippen LogP contribution in [0.5, 0.6) is 0 Å². The van der Waals surface area contributed by atoms with Gasteiger partial charge in [0.1, 0.15) is 0 Å². The van der Waals surface area contributed by atoms with Crippen LogP contribution in [0.3, 0.4) is 0 Å². The molecule has 0 aliphatic carbocycles. The van der Waals surface area contributed by atoms with Gasteiger partial charge in [-0.15, -0.1) is 0 Å². The summed E-state index contributed by atoms with van der Waals surface area (Å²) in [6.45, 7) is 0. The van der Waals surface area contributed by atoms with Gasteiger partial charge in [-0.2, -0.15) is 9.20 Å². The van der Waals surface area contributed by atoms with Gasteiger partial charge in [-0.1, -0.05) is 0 Å². The van der Waals surface area contributed by atoms with E-state index in [-0.39, 0.29) is 55.3 Å². The van der Waals surface area contributed by atoms with Crippen molar-refractivity contribution < 1.29 is 9.72 Å². The van der Waals surface area contributed by atoms with Crippen LogP contribution in [0.1, 0.15) is 0 Å². The molecule has 9 heteroatoms. The van der Waals surface area contributed by atoms with E-state index < -0.39 is 16.9 Å². The second kappa shape index (κ2) is 7.03. The summed E-state index contributed by atoms with van der Waals surface area (Å²) in [5.41, 5.74) is 0. The molecule has 0 spiro atoms. The van der Waals surface area contributed by atoms with Crippen molar-refractivity contribution in [2.75, 3.05) is 0 Å². The predicted molar refractivity (Wildman–Crippen MR) is 40.7 cm³/mol. The first-order chi connectivity index (χ1) is 5.00. The second-order valence-corrected chi connectivity index (χ2v) is 2.24. The summed E-state index contributed by atoms with van der Waals surface area (Å²) in [6, 6.07) is -0.914. The molecule has 0 aromatic carbocycles. The Hall–Kier alpha value is 0.576. The molecule has 0 aliphatic heterocycles. The molecule has 1 unspecified atom stereocenters. The Morgan fingerprint density at radius 2 is 2.08 bits per heavy atom. The van der Waals surface area contributed by atoms with Gasteiger partial charge in [0.25, 0.3) is 0 Å². The van der Waals surface area contributed by atoms with Gasteiger partial charge in [0, 0.05) is 79.9 Å². The third-order valence-corrected chi connectivity index (χ3v) is 1.07. The molecule has 0 aromatic rings. The fourth-order valence-electron chi connectivity index (χ4n) is 0.285. The maximum atomic E-state index is 10.5. The van der Waals surface area contributed by atoms with Gasteiger partial charge in [-0.3, -0.25) is 14.9 Å². The van der Waals surface area contributed by atoms with Crippen molar-refractivity contribution in [2.24, 2.45) is 0 Å². The number of hydrogen-bond donors (Lipinski definition) is 0. The minimum Gasteiger partial charge on any atom is -0.263 e. The van der Waals surface area contributed by atoms with Crippen LogP contribution in [0.15, 0.2) is 0 Å². The van der Waals surface area contributed by atoms with Gasteiger partial charge < -0.3 is 0 Å². The zero-order valence-corrected chi connectivity index (χ0v) is 10.5. The molecule has 0 rings (SSSR count). The number of amides is 1. The van der Waals surface area contributed by atoms with Gasteiger partial charge in [-0.25, -0.2) is 0 Å².